The van der Waals surface area contributed by atoms with Gasteiger partial charge in [-0.05, 0) is 57.2 Å². The molecule has 0 heterocycles. The zero-order valence-electron chi connectivity index (χ0n) is 14.5. The maximum absolute atomic E-state index is 12.1. The molecule has 25 heavy (non-hydrogen) atoms. The van der Waals surface area contributed by atoms with Crippen molar-refractivity contribution in [3.8, 4) is 5.75 Å². The molecule has 0 bridgehead atoms. The first-order valence-electron chi connectivity index (χ1n) is 8.06. The zero-order valence-corrected chi connectivity index (χ0v) is 15.4. The lowest BCUT2D eigenvalue weighted by molar-refractivity contribution is -0.121. The summed E-state index contributed by atoms with van der Waals surface area (Å²) < 4.78 is 5.33. The van der Waals surface area contributed by atoms with Crippen molar-refractivity contribution in [2.24, 2.45) is 0 Å². The molecule has 0 aliphatic rings. The van der Waals surface area contributed by atoms with Crippen LogP contribution in [0.5, 0.6) is 5.75 Å². The van der Waals surface area contributed by atoms with Crippen LogP contribution in [0.4, 0.5) is 0 Å². The Kier molecular flexibility index (Phi) is 6.89. The maximum atomic E-state index is 12.1. The summed E-state index contributed by atoms with van der Waals surface area (Å²) in [5, 5.41) is -0.330. The van der Waals surface area contributed by atoms with E-state index >= 15 is 0 Å². The maximum Gasteiger partial charge on any atom is 0.269 e. The normalized spacial score (nSPS) is 11.5. The van der Waals surface area contributed by atoms with Crippen LogP contribution in [0.1, 0.15) is 29.8 Å². The third-order valence-electron chi connectivity index (χ3n) is 3.43. The Morgan fingerprint density at radius 2 is 1.68 bits per heavy atom. The van der Waals surface area contributed by atoms with Crippen molar-refractivity contribution in [3.05, 3.63) is 59.7 Å². The lowest BCUT2D eigenvalue weighted by Gasteiger charge is -2.13. The van der Waals surface area contributed by atoms with Crippen LogP contribution in [0.25, 0.3) is 0 Å². The van der Waals surface area contributed by atoms with Gasteiger partial charge in [-0.3, -0.25) is 20.4 Å². The molecule has 5 nitrogen and oxygen atoms in total. The third-order valence-corrected chi connectivity index (χ3v) is 4.54. The van der Waals surface area contributed by atoms with Crippen LogP contribution in [-0.2, 0) is 4.79 Å². The fraction of sp³-hybridized carbons (Fsp3) is 0.263. The second-order valence-electron chi connectivity index (χ2n) is 5.47. The lowest BCUT2D eigenvalue weighted by atomic mass is 10.2. The quantitative estimate of drug-likeness (QED) is 0.614. The molecule has 1 unspecified atom stereocenters. The van der Waals surface area contributed by atoms with E-state index in [0.29, 0.717) is 17.9 Å². The average molecular weight is 358 g/mol. The molecule has 2 aromatic rings. The predicted octanol–water partition coefficient (Wildman–Crippen LogP) is 3.34. The SMILES string of the molecule is CCOc1ccc(C(=O)NNC(=O)C(C)Sc2ccc(C)cc2)cc1. The van der Waals surface area contributed by atoms with E-state index in [-0.39, 0.29) is 17.1 Å². The van der Waals surface area contributed by atoms with Crippen LogP contribution >= 0.6 is 11.8 Å². The van der Waals surface area contributed by atoms with Gasteiger partial charge < -0.3 is 4.74 Å². The molecule has 0 aliphatic heterocycles. The highest BCUT2D eigenvalue weighted by atomic mass is 32.2. The molecule has 6 heteroatoms. The molecule has 0 radical (unpaired) electrons. The van der Waals surface area contributed by atoms with E-state index in [2.05, 4.69) is 10.9 Å². The molecule has 2 N–H and O–H groups in total. The van der Waals surface area contributed by atoms with Gasteiger partial charge >= 0.3 is 0 Å². The molecule has 0 saturated heterocycles. The van der Waals surface area contributed by atoms with Crippen LogP contribution in [0, 0.1) is 6.92 Å². The van der Waals surface area contributed by atoms with E-state index in [4.69, 9.17) is 4.74 Å². The third kappa shape index (κ3) is 5.83. The number of carbonyl (C=O) groups excluding carboxylic acids is 2. The number of nitrogens with one attached hydrogen (secondary N) is 2. The number of thioether (sulfide) groups is 1. The van der Waals surface area contributed by atoms with E-state index in [9.17, 15) is 9.59 Å². The van der Waals surface area contributed by atoms with Gasteiger partial charge in [-0.1, -0.05) is 17.7 Å². The smallest absolute Gasteiger partial charge is 0.269 e. The Balaban J connectivity index is 1.83. The van der Waals surface area contributed by atoms with Gasteiger partial charge in [0.15, 0.2) is 0 Å². The van der Waals surface area contributed by atoms with Gasteiger partial charge in [0.05, 0.1) is 11.9 Å². The summed E-state index contributed by atoms with van der Waals surface area (Å²) >= 11 is 1.44. The number of carbonyl (C=O) groups is 2. The zero-order chi connectivity index (χ0) is 18.2. The molecule has 0 fully saturated rings. The number of benzene rings is 2. The summed E-state index contributed by atoms with van der Waals surface area (Å²) in [5.74, 6) is 0.0694. The molecule has 0 aromatic heterocycles. The fourth-order valence-electron chi connectivity index (χ4n) is 2.04. The highest BCUT2D eigenvalue weighted by molar-refractivity contribution is 8.00. The van der Waals surface area contributed by atoms with Crippen molar-refractivity contribution in [2.75, 3.05) is 6.61 Å². The standard InChI is InChI=1S/C19H22N2O3S/c1-4-24-16-9-7-15(8-10-16)19(23)21-20-18(22)14(3)25-17-11-5-13(2)6-12-17/h5-12,14H,4H2,1-3H3,(H,20,22)(H,21,23). The minimum Gasteiger partial charge on any atom is -0.494 e. The van der Waals surface area contributed by atoms with Crippen molar-refractivity contribution in [1.82, 2.24) is 10.9 Å². The van der Waals surface area contributed by atoms with Gasteiger partial charge in [-0.25, -0.2) is 0 Å². The van der Waals surface area contributed by atoms with Crippen molar-refractivity contribution < 1.29 is 14.3 Å². The summed E-state index contributed by atoms with van der Waals surface area (Å²) in [6.07, 6.45) is 0. The minimum absolute atomic E-state index is 0.259. The first-order valence-corrected chi connectivity index (χ1v) is 8.94. The second kappa shape index (κ2) is 9.13. The van der Waals surface area contributed by atoms with Gasteiger partial charge in [0.25, 0.3) is 11.8 Å². The second-order valence-corrected chi connectivity index (χ2v) is 6.89. The van der Waals surface area contributed by atoms with Gasteiger partial charge in [0.2, 0.25) is 0 Å². The number of ether oxygens (including phenoxy) is 1. The lowest BCUT2D eigenvalue weighted by Crippen LogP contribution is -2.44. The molecule has 0 saturated carbocycles. The Morgan fingerprint density at radius 1 is 1.04 bits per heavy atom. The van der Waals surface area contributed by atoms with Gasteiger partial charge in [-0.2, -0.15) is 0 Å². The molecule has 1 atom stereocenters. The highest BCUT2D eigenvalue weighted by Crippen LogP contribution is 2.23. The number of aryl methyl sites for hydroxylation is 1. The van der Waals surface area contributed by atoms with E-state index < -0.39 is 0 Å². The summed E-state index contributed by atoms with van der Waals surface area (Å²) in [6, 6.07) is 14.7. The summed E-state index contributed by atoms with van der Waals surface area (Å²) in [5.41, 5.74) is 6.51. The molecular formula is C19H22N2O3S. The van der Waals surface area contributed by atoms with Gasteiger partial charge in [0, 0.05) is 10.5 Å². The van der Waals surface area contributed by atoms with Crippen LogP contribution in [0.2, 0.25) is 0 Å². The molecule has 132 valence electrons. The number of rotatable bonds is 6. The molecule has 2 aromatic carbocycles. The first kappa shape index (κ1) is 18.9. The molecule has 2 amide bonds. The van der Waals surface area contributed by atoms with E-state index in [1.807, 2.05) is 38.1 Å². The minimum atomic E-state index is -0.371. The first-order chi connectivity index (χ1) is 12.0. The van der Waals surface area contributed by atoms with Crippen molar-refractivity contribution in [2.45, 2.75) is 30.9 Å². The Bertz CT molecular complexity index is 714. The van der Waals surface area contributed by atoms with Crippen molar-refractivity contribution >= 4 is 23.6 Å². The molecule has 0 spiro atoms. The van der Waals surface area contributed by atoms with Crippen LogP contribution in [0.3, 0.4) is 0 Å². The Morgan fingerprint density at radius 3 is 2.28 bits per heavy atom. The van der Waals surface area contributed by atoms with Crippen molar-refractivity contribution in [3.63, 3.8) is 0 Å². The van der Waals surface area contributed by atoms with Crippen LogP contribution < -0.4 is 15.6 Å². The fourth-order valence-corrected chi connectivity index (χ4v) is 2.90. The monoisotopic (exact) mass is 358 g/mol. The Labute approximate surface area is 152 Å². The number of hydrogen-bond acceptors (Lipinski definition) is 4. The predicted molar refractivity (Wildman–Crippen MR) is 99.7 cm³/mol. The molecule has 2 rings (SSSR count). The van der Waals surface area contributed by atoms with Gasteiger partial charge in [0.1, 0.15) is 5.75 Å². The summed E-state index contributed by atoms with van der Waals surface area (Å²) in [4.78, 5) is 25.2. The summed E-state index contributed by atoms with van der Waals surface area (Å²) in [6.45, 7) is 6.27. The molecule has 0 aliphatic carbocycles. The molecular weight excluding hydrogens is 336 g/mol. The largest absolute Gasteiger partial charge is 0.494 e. The number of hydrazine groups is 1. The van der Waals surface area contributed by atoms with Crippen LogP contribution in [-0.4, -0.2) is 23.7 Å². The van der Waals surface area contributed by atoms with Gasteiger partial charge in [-0.15, -0.1) is 11.8 Å². The Hall–Kier alpha value is -2.47. The van der Waals surface area contributed by atoms with E-state index in [0.717, 1.165) is 4.90 Å². The number of hydrogen-bond donors (Lipinski definition) is 2. The van der Waals surface area contributed by atoms with Crippen LogP contribution in [0.15, 0.2) is 53.4 Å². The average Bonchev–Trinajstić information content (AvgIpc) is 2.62. The van der Waals surface area contributed by atoms with E-state index in [1.165, 1.54) is 17.3 Å². The van der Waals surface area contributed by atoms with Crippen molar-refractivity contribution in [1.29, 1.82) is 0 Å². The topological polar surface area (TPSA) is 67.4 Å². The highest BCUT2D eigenvalue weighted by Gasteiger charge is 2.15. The number of amides is 2. The summed E-state index contributed by atoms with van der Waals surface area (Å²) in [7, 11) is 0. The van der Waals surface area contributed by atoms with E-state index in [1.54, 1.807) is 31.2 Å².